The van der Waals surface area contributed by atoms with E-state index in [1.807, 2.05) is 24.3 Å². The lowest BCUT2D eigenvalue weighted by molar-refractivity contribution is -0.575. The van der Waals surface area contributed by atoms with Gasteiger partial charge in [0.15, 0.2) is 17.4 Å². The van der Waals surface area contributed by atoms with E-state index in [0.717, 1.165) is 40.8 Å². The zero-order valence-corrected chi connectivity index (χ0v) is 16.4. The van der Waals surface area contributed by atoms with Crippen molar-refractivity contribution >= 4 is 27.9 Å². The lowest BCUT2D eigenvalue weighted by Gasteiger charge is -2.19. The molecule has 0 fully saturated rings. The number of fused-ring (bicyclic) bond motifs is 3. The van der Waals surface area contributed by atoms with E-state index < -0.39 is 6.10 Å². The zero-order chi connectivity index (χ0) is 19.6. The molecule has 1 atom stereocenters. The Morgan fingerprint density at radius 3 is 2.74 bits per heavy atom. The number of unbranched alkanes of at least 4 members (excludes halogenated alkanes) is 1. The van der Waals surface area contributed by atoms with E-state index in [-0.39, 0.29) is 5.97 Å². The highest BCUT2D eigenvalue weighted by atomic mass is 16.5. The van der Waals surface area contributed by atoms with Crippen LogP contribution in [0.5, 0.6) is 0 Å². The molecule has 1 aromatic carbocycles. The molecular formula is C21H27N3O3. The molecule has 0 spiro atoms. The largest absolute Gasteiger partial charge is 0.618 e. The third-order valence-electron chi connectivity index (χ3n) is 4.62. The summed E-state index contributed by atoms with van der Waals surface area (Å²) in [5.41, 5.74) is 2.17. The zero-order valence-electron chi connectivity index (χ0n) is 16.4. The van der Waals surface area contributed by atoms with E-state index in [1.165, 1.54) is 13.1 Å². The summed E-state index contributed by atoms with van der Waals surface area (Å²) in [5.74, 6) is 0.783. The Balaban J connectivity index is 2.27. The number of aromatic nitrogens is 3. The second-order valence-electron chi connectivity index (χ2n) is 7.42. The van der Waals surface area contributed by atoms with Crippen molar-refractivity contribution in [2.75, 3.05) is 0 Å². The van der Waals surface area contributed by atoms with Crippen LogP contribution in [0.1, 0.15) is 58.9 Å². The fourth-order valence-electron chi connectivity index (χ4n) is 3.54. The maximum atomic E-state index is 12.4. The van der Waals surface area contributed by atoms with Crippen molar-refractivity contribution < 1.29 is 14.3 Å². The molecule has 3 aromatic rings. The maximum absolute atomic E-state index is 12.4. The van der Waals surface area contributed by atoms with Crippen LogP contribution in [0.3, 0.4) is 0 Å². The first kappa shape index (κ1) is 19.1. The van der Waals surface area contributed by atoms with Gasteiger partial charge in [-0.3, -0.25) is 4.79 Å². The number of hydrogen-bond acceptors (Lipinski definition) is 4. The van der Waals surface area contributed by atoms with Crippen molar-refractivity contribution in [2.24, 2.45) is 5.92 Å². The first-order chi connectivity index (χ1) is 12.9. The van der Waals surface area contributed by atoms with E-state index in [0.29, 0.717) is 23.4 Å². The Labute approximate surface area is 159 Å². The number of carbonyl (C=O) groups is 1. The van der Waals surface area contributed by atoms with Crippen LogP contribution < -0.4 is 4.73 Å². The van der Waals surface area contributed by atoms with Crippen LogP contribution in [0.4, 0.5) is 0 Å². The molecule has 0 aliphatic heterocycles. The molecule has 0 amide bonds. The van der Waals surface area contributed by atoms with Gasteiger partial charge in [0, 0.05) is 19.5 Å². The molecule has 0 aliphatic rings. The normalized spacial score (nSPS) is 12.8. The van der Waals surface area contributed by atoms with E-state index in [4.69, 9.17) is 9.72 Å². The molecule has 27 heavy (non-hydrogen) atoms. The fraction of sp³-hybridized carbons (Fsp3) is 0.476. The lowest BCUT2D eigenvalue weighted by Crippen LogP contribution is -2.26. The molecular weight excluding hydrogens is 342 g/mol. The number of para-hydroxylation sites is 1. The summed E-state index contributed by atoms with van der Waals surface area (Å²) in [6.45, 7) is 8.55. The van der Waals surface area contributed by atoms with Crippen LogP contribution in [0.15, 0.2) is 30.5 Å². The number of rotatable bonds is 7. The van der Waals surface area contributed by atoms with Gasteiger partial charge < -0.3 is 14.5 Å². The van der Waals surface area contributed by atoms with Gasteiger partial charge in [0.25, 0.3) is 0 Å². The summed E-state index contributed by atoms with van der Waals surface area (Å²) < 4.78 is 8.62. The number of nitrogens with zero attached hydrogens (tertiary/aromatic N) is 3. The van der Waals surface area contributed by atoms with Gasteiger partial charge in [-0.15, -0.1) is 0 Å². The second-order valence-corrected chi connectivity index (χ2v) is 7.42. The molecule has 2 heterocycles. The smallest absolute Gasteiger partial charge is 0.303 e. The molecule has 6 nitrogen and oxygen atoms in total. The highest BCUT2D eigenvalue weighted by molar-refractivity contribution is 6.00. The molecule has 0 saturated heterocycles. The molecule has 0 saturated carbocycles. The minimum atomic E-state index is -0.410. The number of pyridine rings is 1. The molecule has 0 N–H and O–H groups in total. The third-order valence-corrected chi connectivity index (χ3v) is 4.62. The van der Waals surface area contributed by atoms with Gasteiger partial charge >= 0.3 is 5.97 Å². The van der Waals surface area contributed by atoms with E-state index >= 15 is 0 Å². The average molecular weight is 369 g/mol. The topological polar surface area (TPSA) is 71.1 Å². The Bertz CT molecular complexity index is 962. The third kappa shape index (κ3) is 3.89. The average Bonchev–Trinajstić information content (AvgIpc) is 2.96. The quantitative estimate of drug-likeness (QED) is 0.354. The fourth-order valence-corrected chi connectivity index (χ4v) is 3.54. The second kappa shape index (κ2) is 7.94. The van der Waals surface area contributed by atoms with Gasteiger partial charge in [0.1, 0.15) is 0 Å². The molecule has 2 aromatic heterocycles. The molecule has 0 aliphatic carbocycles. The molecule has 0 bridgehead atoms. The van der Waals surface area contributed by atoms with Gasteiger partial charge in [0.05, 0.1) is 10.9 Å². The van der Waals surface area contributed by atoms with Crippen molar-refractivity contribution in [2.45, 2.75) is 59.6 Å². The van der Waals surface area contributed by atoms with Crippen LogP contribution in [0.2, 0.25) is 0 Å². The standard InChI is InChI=1S/C21H27N3O3/c1-5-6-11-19(27-15(4)25)21-22-17-13-24(26)18-10-8-7-9-16(18)20(17)23(21)12-14(2)3/h7-10,13-14,19H,5-6,11-12H2,1-4H3. The van der Waals surface area contributed by atoms with Crippen LogP contribution >= 0.6 is 0 Å². The van der Waals surface area contributed by atoms with Crippen LogP contribution in [-0.2, 0) is 16.1 Å². The van der Waals surface area contributed by atoms with Gasteiger partial charge in [0.2, 0.25) is 11.7 Å². The van der Waals surface area contributed by atoms with Crippen LogP contribution in [-0.4, -0.2) is 15.5 Å². The van der Waals surface area contributed by atoms with Gasteiger partial charge in [-0.25, -0.2) is 4.98 Å². The summed E-state index contributed by atoms with van der Waals surface area (Å²) in [6.07, 6.45) is 3.76. The van der Waals surface area contributed by atoms with Crippen molar-refractivity contribution in [1.29, 1.82) is 0 Å². The summed E-state index contributed by atoms with van der Waals surface area (Å²) in [7, 11) is 0. The monoisotopic (exact) mass is 369 g/mol. The summed E-state index contributed by atoms with van der Waals surface area (Å²) in [6, 6.07) is 7.54. The van der Waals surface area contributed by atoms with Crippen LogP contribution in [0.25, 0.3) is 21.9 Å². The number of carbonyl (C=O) groups excluding carboxylic acids is 1. The molecule has 3 rings (SSSR count). The molecule has 144 valence electrons. The number of ether oxygens (including phenoxy) is 1. The van der Waals surface area contributed by atoms with E-state index in [1.54, 1.807) is 0 Å². The number of hydrogen-bond donors (Lipinski definition) is 0. The molecule has 0 radical (unpaired) electrons. The molecule has 6 heteroatoms. The van der Waals surface area contributed by atoms with Crippen molar-refractivity contribution in [1.82, 2.24) is 9.55 Å². The number of imidazole rings is 1. The van der Waals surface area contributed by atoms with Gasteiger partial charge in [-0.1, -0.05) is 39.3 Å². The molecule has 1 unspecified atom stereocenters. The maximum Gasteiger partial charge on any atom is 0.303 e. The van der Waals surface area contributed by atoms with Crippen LogP contribution in [0, 0.1) is 11.1 Å². The van der Waals surface area contributed by atoms with E-state index in [2.05, 4.69) is 25.3 Å². The van der Waals surface area contributed by atoms with Gasteiger partial charge in [-0.05, 0) is 24.8 Å². The number of esters is 1. The Morgan fingerprint density at radius 2 is 2.07 bits per heavy atom. The van der Waals surface area contributed by atoms with E-state index in [9.17, 15) is 10.0 Å². The highest BCUT2D eigenvalue weighted by Gasteiger charge is 2.26. The predicted molar refractivity (Wildman–Crippen MR) is 105 cm³/mol. The predicted octanol–water partition coefficient (Wildman–Crippen LogP) is 4.27. The minimum absolute atomic E-state index is 0.317. The highest BCUT2D eigenvalue weighted by Crippen LogP contribution is 2.31. The Hall–Kier alpha value is -2.63. The number of benzene rings is 1. The lowest BCUT2D eigenvalue weighted by atomic mass is 10.1. The Kier molecular flexibility index (Phi) is 5.63. The van der Waals surface area contributed by atoms with Gasteiger partial charge in [-0.2, -0.15) is 4.73 Å². The minimum Gasteiger partial charge on any atom is -0.618 e. The first-order valence-corrected chi connectivity index (χ1v) is 9.60. The first-order valence-electron chi connectivity index (χ1n) is 9.60. The summed E-state index contributed by atoms with van der Waals surface area (Å²) in [5, 5.41) is 13.3. The van der Waals surface area contributed by atoms with Crippen molar-refractivity contribution in [3.05, 3.63) is 41.5 Å². The summed E-state index contributed by atoms with van der Waals surface area (Å²) >= 11 is 0. The summed E-state index contributed by atoms with van der Waals surface area (Å²) in [4.78, 5) is 16.4. The Morgan fingerprint density at radius 1 is 1.33 bits per heavy atom. The van der Waals surface area contributed by atoms with Crippen molar-refractivity contribution in [3.63, 3.8) is 0 Å². The SMILES string of the molecule is CCCCC(OC(C)=O)c1nc2c[n+]([O-])c3ccccc3c2n1CC(C)C. The van der Waals surface area contributed by atoms with Crippen molar-refractivity contribution in [3.8, 4) is 0 Å².